The Labute approximate surface area is 108 Å². The number of fused-ring (bicyclic) bond motifs is 3. The van der Waals surface area contributed by atoms with Gasteiger partial charge < -0.3 is 15.3 Å². The highest BCUT2D eigenvalue weighted by Crippen LogP contribution is 2.35. The minimum Gasteiger partial charge on any atom is -0.478 e. The second kappa shape index (κ2) is 4.20. The van der Waals surface area contributed by atoms with Crippen molar-refractivity contribution in [2.45, 2.75) is 6.04 Å². The van der Waals surface area contributed by atoms with Gasteiger partial charge in [-0.05, 0) is 18.2 Å². The highest BCUT2D eigenvalue weighted by atomic mass is 32.2. The molecule has 2 N–H and O–H groups in total. The Morgan fingerprint density at radius 1 is 1.50 bits per heavy atom. The van der Waals surface area contributed by atoms with Crippen LogP contribution >= 0.6 is 11.8 Å². The number of anilines is 2. The Bertz CT molecular complexity index is 532. The van der Waals surface area contributed by atoms with Gasteiger partial charge in [-0.15, -0.1) is 0 Å². The number of carbonyl (C=O) groups excluding carboxylic acids is 1. The fraction of sp³-hybridized carbons (Fsp3) is 0.333. The van der Waals surface area contributed by atoms with Crippen LogP contribution in [0.5, 0.6) is 0 Å². The molecule has 18 heavy (non-hydrogen) atoms. The quantitative estimate of drug-likeness (QED) is 0.799. The second-order valence-electron chi connectivity index (χ2n) is 4.31. The number of benzene rings is 1. The van der Waals surface area contributed by atoms with E-state index in [1.807, 2.05) is 4.90 Å². The average Bonchev–Trinajstić information content (AvgIpc) is 2.38. The number of amides is 1. The minimum atomic E-state index is -0.947. The van der Waals surface area contributed by atoms with Crippen molar-refractivity contribution in [3.05, 3.63) is 23.8 Å². The van der Waals surface area contributed by atoms with Gasteiger partial charge in [-0.2, -0.15) is 11.8 Å². The van der Waals surface area contributed by atoms with Gasteiger partial charge in [0.1, 0.15) is 6.04 Å². The molecule has 6 heteroatoms. The molecule has 1 saturated heterocycles. The summed E-state index contributed by atoms with van der Waals surface area (Å²) in [6, 6.07) is 4.63. The van der Waals surface area contributed by atoms with E-state index >= 15 is 0 Å². The molecule has 1 aromatic carbocycles. The third-order valence-electron chi connectivity index (χ3n) is 3.24. The summed E-state index contributed by atoms with van der Waals surface area (Å²) in [6.07, 6.45) is 0. The maximum Gasteiger partial charge on any atom is 0.335 e. The van der Waals surface area contributed by atoms with Crippen molar-refractivity contribution in [3.8, 4) is 0 Å². The molecular weight excluding hydrogens is 252 g/mol. The molecule has 0 spiro atoms. The molecule has 1 unspecified atom stereocenters. The number of nitrogens with one attached hydrogen (secondary N) is 1. The predicted molar refractivity (Wildman–Crippen MR) is 70.5 cm³/mol. The number of hydrogen-bond acceptors (Lipinski definition) is 4. The maximum absolute atomic E-state index is 11.9. The lowest BCUT2D eigenvalue weighted by Gasteiger charge is -2.40. The fourth-order valence-corrected chi connectivity index (χ4v) is 3.38. The van der Waals surface area contributed by atoms with Gasteiger partial charge in [0.25, 0.3) is 0 Å². The van der Waals surface area contributed by atoms with Crippen LogP contribution in [0.25, 0.3) is 0 Å². The van der Waals surface area contributed by atoms with Crippen molar-refractivity contribution >= 4 is 35.0 Å². The number of carboxylic acid groups (broad SMARTS) is 1. The van der Waals surface area contributed by atoms with E-state index in [0.717, 1.165) is 23.7 Å². The number of carboxylic acids is 1. The van der Waals surface area contributed by atoms with E-state index in [9.17, 15) is 9.59 Å². The third kappa shape index (κ3) is 1.73. The zero-order valence-corrected chi connectivity index (χ0v) is 10.4. The molecule has 1 aromatic rings. The van der Waals surface area contributed by atoms with Gasteiger partial charge in [0.15, 0.2) is 0 Å². The largest absolute Gasteiger partial charge is 0.478 e. The minimum absolute atomic E-state index is 0.00206. The number of nitrogens with zero attached hydrogens (tertiary/aromatic N) is 1. The van der Waals surface area contributed by atoms with Crippen LogP contribution in [0.2, 0.25) is 0 Å². The first-order valence-electron chi connectivity index (χ1n) is 5.69. The maximum atomic E-state index is 11.9. The normalized spacial score (nSPS) is 21.9. The monoisotopic (exact) mass is 264 g/mol. The molecule has 2 aliphatic heterocycles. The fourth-order valence-electron chi connectivity index (χ4n) is 2.33. The van der Waals surface area contributed by atoms with Gasteiger partial charge in [-0.25, -0.2) is 4.79 Å². The van der Waals surface area contributed by atoms with Crippen molar-refractivity contribution in [2.24, 2.45) is 0 Å². The molecular formula is C12H12N2O3S. The van der Waals surface area contributed by atoms with Crippen LogP contribution in [-0.2, 0) is 4.79 Å². The van der Waals surface area contributed by atoms with Gasteiger partial charge in [0.05, 0.1) is 16.9 Å². The van der Waals surface area contributed by atoms with E-state index in [1.165, 1.54) is 6.07 Å². The highest BCUT2D eigenvalue weighted by Gasteiger charge is 2.35. The molecule has 1 atom stereocenters. The lowest BCUT2D eigenvalue weighted by molar-refractivity contribution is -0.117. The van der Waals surface area contributed by atoms with Crippen LogP contribution in [0.4, 0.5) is 11.4 Å². The smallest absolute Gasteiger partial charge is 0.335 e. The van der Waals surface area contributed by atoms with Crippen molar-refractivity contribution in [2.75, 3.05) is 28.3 Å². The van der Waals surface area contributed by atoms with Gasteiger partial charge in [0, 0.05) is 18.1 Å². The lowest BCUT2D eigenvalue weighted by atomic mass is 10.1. The Morgan fingerprint density at radius 2 is 2.33 bits per heavy atom. The molecule has 0 saturated carbocycles. The lowest BCUT2D eigenvalue weighted by Crippen LogP contribution is -2.52. The van der Waals surface area contributed by atoms with Crippen LogP contribution in [0.15, 0.2) is 18.2 Å². The standard InChI is InChI=1S/C12H12N2O3S/c15-11-10-6-18-4-3-14(10)9-5-7(12(16)17)1-2-8(9)13-11/h1-2,5,10H,3-4,6H2,(H,13,15)(H,16,17). The molecule has 5 nitrogen and oxygen atoms in total. The average molecular weight is 264 g/mol. The molecule has 1 amide bonds. The summed E-state index contributed by atoms with van der Waals surface area (Å²) in [6.45, 7) is 0.777. The molecule has 0 bridgehead atoms. The second-order valence-corrected chi connectivity index (χ2v) is 5.46. The predicted octanol–water partition coefficient (Wildman–Crippen LogP) is 1.26. The van der Waals surface area contributed by atoms with Crippen molar-refractivity contribution in [1.82, 2.24) is 0 Å². The zero-order chi connectivity index (χ0) is 12.7. The van der Waals surface area contributed by atoms with E-state index in [4.69, 9.17) is 5.11 Å². The number of thioether (sulfide) groups is 1. The molecule has 3 rings (SSSR count). The Hall–Kier alpha value is -1.69. The van der Waals surface area contributed by atoms with E-state index in [0.29, 0.717) is 5.69 Å². The van der Waals surface area contributed by atoms with Gasteiger partial charge in [-0.1, -0.05) is 0 Å². The van der Waals surface area contributed by atoms with Crippen molar-refractivity contribution < 1.29 is 14.7 Å². The Morgan fingerprint density at radius 3 is 3.11 bits per heavy atom. The topological polar surface area (TPSA) is 69.6 Å². The first kappa shape index (κ1) is 11.4. The van der Waals surface area contributed by atoms with Gasteiger partial charge >= 0.3 is 5.97 Å². The number of hydrogen-bond donors (Lipinski definition) is 2. The number of aromatic carboxylic acids is 1. The molecule has 0 aromatic heterocycles. The summed E-state index contributed by atoms with van der Waals surface area (Å²) in [5, 5.41) is 11.9. The molecule has 1 fully saturated rings. The zero-order valence-electron chi connectivity index (χ0n) is 9.55. The third-order valence-corrected chi connectivity index (χ3v) is 4.27. The van der Waals surface area contributed by atoms with Crippen LogP contribution in [0, 0.1) is 0 Å². The molecule has 2 heterocycles. The van der Waals surface area contributed by atoms with Crippen LogP contribution < -0.4 is 10.2 Å². The number of carbonyl (C=O) groups is 2. The number of rotatable bonds is 1. The molecule has 0 radical (unpaired) electrons. The van der Waals surface area contributed by atoms with E-state index in [2.05, 4.69) is 5.32 Å². The van der Waals surface area contributed by atoms with Crippen LogP contribution in [-0.4, -0.2) is 41.1 Å². The first-order chi connectivity index (χ1) is 8.66. The summed E-state index contributed by atoms with van der Waals surface area (Å²) >= 11 is 1.75. The van der Waals surface area contributed by atoms with Gasteiger partial charge in [0.2, 0.25) is 5.91 Å². The summed E-state index contributed by atoms with van der Waals surface area (Å²) < 4.78 is 0. The van der Waals surface area contributed by atoms with Crippen molar-refractivity contribution in [3.63, 3.8) is 0 Å². The molecule has 94 valence electrons. The summed E-state index contributed by atoms with van der Waals surface area (Å²) in [5.41, 5.74) is 1.77. The highest BCUT2D eigenvalue weighted by molar-refractivity contribution is 7.99. The van der Waals surface area contributed by atoms with E-state index in [1.54, 1.807) is 23.9 Å². The summed E-state index contributed by atoms with van der Waals surface area (Å²) in [7, 11) is 0. The molecule has 0 aliphatic carbocycles. The SMILES string of the molecule is O=C(O)c1ccc2c(c1)N1CCSCC1C(=O)N2. The summed E-state index contributed by atoms with van der Waals surface area (Å²) in [4.78, 5) is 24.9. The van der Waals surface area contributed by atoms with Crippen LogP contribution in [0.1, 0.15) is 10.4 Å². The summed E-state index contributed by atoms with van der Waals surface area (Å²) in [5.74, 6) is 0.763. The molecule has 2 aliphatic rings. The van der Waals surface area contributed by atoms with E-state index < -0.39 is 5.97 Å². The van der Waals surface area contributed by atoms with Crippen LogP contribution in [0.3, 0.4) is 0 Å². The van der Waals surface area contributed by atoms with Crippen molar-refractivity contribution in [1.29, 1.82) is 0 Å². The van der Waals surface area contributed by atoms with Gasteiger partial charge in [-0.3, -0.25) is 4.79 Å². The van der Waals surface area contributed by atoms with E-state index in [-0.39, 0.29) is 17.5 Å². The Kier molecular flexibility index (Phi) is 2.66. The Balaban J connectivity index is 2.06. The first-order valence-corrected chi connectivity index (χ1v) is 6.85.